The summed E-state index contributed by atoms with van der Waals surface area (Å²) in [5.74, 6) is 0. The molecule has 0 fully saturated rings. The molecule has 0 atom stereocenters. The summed E-state index contributed by atoms with van der Waals surface area (Å²) in [7, 11) is -4.69. The van der Waals surface area contributed by atoms with Crippen LogP contribution in [0.15, 0.2) is 120 Å². The molecule has 5 nitrogen and oxygen atoms in total. The molecule has 0 unspecified atom stereocenters. The van der Waals surface area contributed by atoms with Gasteiger partial charge in [-0.3, -0.25) is 0 Å². The minimum atomic E-state index is -4.69. The highest BCUT2D eigenvalue weighted by molar-refractivity contribution is 7.99. The maximum atomic E-state index is 8.60. The fourth-order valence-electron chi connectivity index (χ4n) is 3.94. The van der Waals surface area contributed by atoms with Crippen molar-refractivity contribution in [2.75, 3.05) is 0 Å². The van der Waals surface area contributed by atoms with Gasteiger partial charge in [0.25, 0.3) is 0 Å². The molecule has 1 N–H and O–H groups in total. The van der Waals surface area contributed by atoms with Crippen molar-refractivity contribution in [3.63, 3.8) is 0 Å². The summed E-state index contributed by atoms with van der Waals surface area (Å²) < 4.78 is 37.4. The van der Waals surface area contributed by atoms with E-state index in [1.807, 2.05) is 6.07 Å². The number of fused-ring (bicyclic) bond motifs is 1. The van der Waals surface area contributed by atoms with Crippen molar-refractivity contribution < 1.29 is 28.9 Å². The molecule has 0 saturated carbocycles. The molecular formula is C26H20ClNO4S. The summed E-state index contributed by atoms with van der Waals surface area (Å²) in [6.07, 6.45) is 0. The van der Waals surface area contributed by atoms with Gasteiger partial charge in [-0.25, -0.2) is 4.40 Å². The molecule has 0 spiro atoms. The second kappa shape index (κ2) is 9.89. The van der Waals surface area contributed by atoms with E-state index in [0.29, 0.717) is 0 Å². The molecule has 5 rings (SSSR count). The third-order valence-electron chi connectivity index (χ3n) is 5.24. The minimum absolute atomic E-state index is 0.364. The van der Waals surface area contributed by atoms with E-state index in [9.17, 15) is 0 Å². The Morgan fingerprint density at radius 1 is 0.636 bits per heavy atom. The van der Waals surface area contributed by atoms with Gasteiger partial charge in [0.15, 0.2) is 0 Å². The number of hydrogen-bond acceptors (Lipinski definition) is 6. The zero-order valence-electron chi connectivity index (χ0n) is 17.4. The Labute approximate surface area is 198 Å². The molecule has 33 heavy (non-hydrogen) atoms. The van der Waals surface area contributed by atoms with Gasteiger partial charge in [-0.15, -0.1) is 0 Å². The highest BCUT2D eigenvalue weighted by atomic mass is 35.7. The van der Waals surface area contributed by atoms with Crippen LogP contribution in [-0.4, -0.2) is 10.4 Å². The Hall–Kier alpha value is -2.97. The minimum Gasteiger partial charge on any atom is -0.214 e. The fourth-order valence-corrected chi connectivity index (χ4v) is 5.13. The van der Waals surface area contributed by atoms with E-state index in [1.54, 1.807) is 11.9 Å². The van der Waals surface area contributed by atoms with Gasteiger partial charge in [-0.2, -0.15) is 14.0 Å². The predicted octanol–water partition coefficient (Wildman–Crippen LogP) is 2.35. The van der Waals surface area contributed by atoms with Crippen molar-refractivity contribution in [2.24, 2.45) is 4.40 Å². The van der Waals surface area contributed by atoms with Crippen LogP contribution in [0.1, 0.15) is 27.8 Å². The van der Waals surface area contributed by atoms with Gasteiger partial charge < -0.3 is 0 Å². The highest BCUT2D eigenvalue weighted by Gasteiger charge is 2.42. The average Bonchev–Trinajstić information content (AvgIpc) is 2.84. The van der Waals surface area contributed by atoms with Crippen molar-refractivity contribution >= 4 is 17.7 Å². The van der Waals surface area contributed by atoms with E-state index in [4.69, 9.17) is 23.0 Å². The first-order chi connectivity index (χ1) is 15.9. The molecule has 0 aromatic heterocycles. The second-order valence-corrected chi connectivity index (χ2v) is 9.02. The zero-order valence-corrected chi connectivity index (χ0v) is 18.9. The number of halogens is 1. The molecule has 4 aromatic rings. The normalized spacial score (nSPS) is 14.4. The Balaban J connectivity index is 0.000000471. The predicted molar refractivity (Wildman–Crippen MR) is 121 cm³/mol. The molecular weight excluding hydrogens is 458 g/mol. The first kappa shape index (κ1) is 23.2. The van der Waals surface area contributed by atoms with Crippen LogP contribution in [0, 0.1) is 10.2 Å². The van der Waals surface area contributed by atoms with E-state index >= 15 is 0 Å². The third-order valence-corrected chi connectivity index (χ3v) is 6.48. The van der Waals surface area contributed by atoms with Gasteiger partial charge >= 0.3 is 0 Å². The summed E-state index contributed by atoms with van der Waals surface area (Å²) >= 11 is 1.65. The number of benzene rings is 4. The van der Waals surface area contributed by atoms with E-state index in [0.717, 1.165) is 11.3 Å². The van der Waals surface area contributed by atoms with Crippen LogP contribution in [0.3, 0.4) is 0 Å². The largest absolute Gasteiger partial charge is 0.214 e. The Bertz CT molecular complexity index is 1180. The van der Waals surface area contributed by atoms with Crippen molar-refractivity contribution in [1.29, 1.82) is 0 Å². The van der Waals surface area contributed by atoms with Crippen LogP contribution in [0.5, 0.6) is 0 Å². The zero-order chi connectivity index (χ0) is 23.3. The van der Waals surface area contributed by atoms with Crippen molar-refractivity contribution in [3.8, 4) is 0 Å². The number of hydrogen-bond donors (Lipinski definition) is 1. The first-order valence-electron chi connectivity index (χ1n) is 10.1. The van der Waals surface area contributed by atoms with Gasteiger partial charge in [0, 0.05) is 11.1 Å². The molecule has 7 heteroatoms. The van der Waals surface area contributed by atoms with Crippen molar-refractivity contribution in [1.82, 2.24) is 0 Å². The fraction of sp³-hybridized carbons (Fsp3) is 0.0385. The first-order valence-corrected chi connectivity index (χ1v) is 12.1. The maximum Gasteiger partial charge on any atom is 0.113 e. The molecule has 4 aromatic carbocycles. The van der Waals surface area contributed by atoms with Gasteiger partial charge in [0.1, 0.15) is 4.75 Å². The van der Waals surface area contributed by atoms with E-state index in [1.165, 1.54) is 22.3 Å². The number of nitrogens with zero attached hydrogens (tertiary/aromatic N) is 1. The third kappa shape index (κ3) is 5.17. The van der Waals surface area contributed by atoms with Gasteiger partial charge in [0.05, 0.1) is 20.6 Å². The SMILES string of the molecule is [O-][Cl+3]([O-])([O-])O.c1ccc(C2=NSC(c3ccccc3)(c3ccccc3)c3ccccc32)cc1. The molecule has 1 aliphatic rings. The molecule has 0 radical (unpaired) electrons. The topological polar surface area (TPSA) is 102 Å². The van der Waals surface area contributed by atoms with Crippen LogP contribution >= 0.6 is 11.9 Å². The van der Waals surface area contributed by atoms with Crippen LogP contribution < -0.4 is 14.0 Å². The lowest BCUT2D eigenvalue weighted by molar-refractivity contribution is -1.92. The van der Waals surface area contributed by atoms with Crippen LogP contribution in [-0.2, 0) is 4.75 Å². The highest BCUT2D eigenvalue weighted by Crippen LogP contribution is 2.52. The molecule has 166 valence electrons. The smallest absolute Gasteiger partial charge is 0.113 e. The van der Waals surface area contributed by atoms with Crippen LogP contribution in [0.4, 0.5) is 0 Å². The Kier molecular flexibility index (Phi) is 6.95. The average molecular weight is 478 g/mol. The van der Waals surface area contributed by atoms with E-state index in [-0.39, 0.29) is 4.75 Å². The van der Waals surface area contributed by atoms with E-state index < -0.39 is 10.2 Å². The number of rotatable bonds is 3. The molecule has 0 bridgehead atoms. The van der Waals surface area contributed by atoms with Crippen LogP contribution in [0.25, 0.3) is 0 Å². The van der Waals surface area contributed by atoms with E-state index in [2.05, 4.69) is 109 Å². The molecule has 0 aliphatic carbocycles. The Morgan fingerprint density at radius 2 is 1.06 bits per heavy atom. The van der Waals surface area contributed by atoms with Gasteiger partial charge in [-0.1, -0.05) is 115 Å². The lowest BCUT2D eigenvalue weighted by atomic mass is 9.80. The summed E-state index contributed by atoms with van der Waals surface area (Å²) in [5, 5.41) is 0. The van der Waals surface area contributed by atoms with Crippen LogP contribution in [0.2, 0.25) is 0 Å². The molecule has 1 heterocycles. The molecule has 0 amide bonds. The van der Waals surface area contributed by atoms with Gasteiger partial charge in [0.2, 0.25) is 0 Å². The van der Waals surface area contributed by atoms with Crippen molar-refractivity contribution in [2.45, 2.75) is 4.75 Å². The lowest BCUT2D eigenvalue weighted by Gasteiger charge is -2.37. The summed E-state index contributed by atoms with van der Waals surface area (Å²) in [6.45, 7) is 0. The summed E-state index contributed by atoms with van der Waals surface area (Å²) in [6, 6.07) is 40.6. The maximum absolute atomic E-state index is 8.60. The second-order valence-electron chi connectivity index (χ2n) is 7.25. The quantitative estimate of drug-likeness (QED) is 0.456. The van der Waals surface area contributed by atoms with Gasteiger partial charge in [-0.05, 0) is 28.6 Å². The standard InChI is InChI=1S/C26H19NS.ClHO4/c1-4-12-20(13-5-1)25-23-18-10-11-19-24(23)26(28-27-25,21-14-6-2-7-15-21)22-16-8-3-9-17-22;2-1(3,4)5/h1-19H;(H,2,3,4,5). The summed E-state index contributed by atoms with van der Waals surface area (Å²) in [4.78, 5) is 0. The monoisotopic (exact) mass is 477 g/mol. The Morgan fingerprint density at radius 3 is 1.58 bits per heavy atom. The van der Waals surface area contributed by atoms with Crippen molar-refractivity contribution in [3.05, 3.63) is 143 Å². The summed E-state index contributed by atoms with van der Waals surface area (Å²) in [5.41, 5.74) is 7.16. The molecule has 0 saturated heterocycles. The lowest BCUT2D eigenvalue weighted by Crippen LogP contribution is -2.58. The molecule has 1 aliphatic heterocycles.